The number of ether oxygens (including phenoxy) is 1. The van der Waals surface area contributed by atoms with E-state index in [1.54, 1.807) is 19.1 Å². The first kappa shape index (κ1) is 16.0. The van der Waals surface area contributed by atoms with Crippen molar-refractivity contribution in [3.63, 3.8) is 0 Å². The number of carbonyl (C=O) groups excluding carboxylic acids is 1. The van der Waals surface area contributed by atoms with Crippen LogP contribution in [0.5, 0.6) is 0 Å². The Balaban J connectivity index is 2.42. The molecule has 0 aliphatic rings. The van der Waals surface area contributed by atoms with Gasteiger partial charge in [0.15, 0.2) is 5.43 Å². The molecule has 0 unspecified atom stereocenters. The predicted molar refractivity (Wildman–Crippen MR) is 97.2 cm³/mol. The molecule has 3 aromatic rings. The molecule has 1 aromatic heterocycles. The summed E-state index contributed by atoms with van der Waals surface area (Å²) in [4.78, 5) is 25.6. The third-order valence-corrected chi connectivity index (χ3v) is 4.76. The zero-order chi connectivity index (χ0) is 16.4. The zero-order valence-corrected chi connectivity index (χ0v) is 14.2. The number of esters is 1. The van der Waals surface area contributed by atoms with Crippen molar-refractivity contribution < 1.29 is 9.53 Å². The molecule has 0 bridgehead atoms. The molecule has 0 saturated heterocycles. The Morgan fingerprint density at radius 3 is 2.65 bits per heavy atom. The average molecular weight is 345 g/mol. The van der Waals surface area contributed by atoms with Crippen LogP contribution in [0.2, 0.25) is 0 Å². The van der Waals surface area contributed by atoms with E-state index < -0.39 is 0 Å². The summed E-state index contributed by atoms with van der Waals surface area (Å²) in [6.45, 7) is 2.15. The molecule has 0 aliphatic heterocycles. The zero-order valence-electron chi connectivity index (χ0n) is 12.5. The molecular weight excluding hydrogens is 330 g/mol. The number of carbonyl (C=O) groups is 1. The van der Waals surface area contributed by atoms with Crippen LogP contribution < -0.4 is 5.43 Å². The molecule has 0 saturated carbocycles. The molecular formula is C17H15NO3S2. The van der Waals surface area contributed by atoms with E-state index >= 15 is 0 Å². The molecule has 0 N–H and O–H groups in total. The molecule has 23 heavy (non-hydrogen) atoms. The van der Waals surface area contributed by atoms with E-state index in [9.17, 15) is 9.59 Å². The minimum absolute atomic E-state index is 0.0417. The van der Waals surface area contributed by atoms with Crippen molar-refractivity contribution in [2.45, 2.75) is 18.4 Å². The van der Waals surface area contributed by atoms with Gasteiger partial charge in [-0.15, -0.1) is 11.7 Å². The van der Waals surface area contributed by atoms with Gasteiger partial charge in [-0.25, -0.2) is 0 Å². The number of hydrogen-bond acceptors (Lipinski definition) is 5. The van der Waals surface area contributed by atoms with Crippen LogP contribution in [-0.2, 0) is 16.1 Å². The van der Waals surface area contributed by atoms with Crippen molar-refractivity contribution in [1.29, 1.82) is 0 Å². The SMILES string of the molecule is CCOC(=O)Cn1c2ccccc2c(=O)c2cccc(SS)c21. The summed E-state index contributed by atoms with van der Waals surface area (Å²) >= 11 is 4.28. The molecule has 0 amide bonds. The second-order valence-corrected chi connectivity index (χ2v) is 6.15. The number of rotatable bonds is 4. The lowest BCUT2D eigenvalue weighted by Gasteiger charge is -2.16. The normalized spacial score (nSPS) is 11.0. The predicted octanol–water partition coefficient (Wildman–Crippen LogP) is 3.65. The van der Waals surface area contributed by atoms with Crippen molar-refractivity contribution in [2.24, 2.45) is 0 Å². The monoisotopic (exact) mass is 345 g/mol. The highest BCUT2D eigenvalue weighted by Gasteiger charge is 2.16. The van der Waals surface area contributed by atoms with Crippen LogP contribution >= 0.6 is 22.5 Å². The van der Waals surface area contributed by atoms with Gasteiger partial charge in [0.25, 0.3) is 0 Å². The van der Waals surface area contributed by atoms with Gasteiger partial charge in [-0.2, -0.15) is 0 Å². The maximum absolute atomic E-state index is 12.8. The van der Waals surface area contributed by atoms with Crippen molar-refractivity contribution in [3.05, 3.63) is 52.7 Å². The number of para-hydroxylation sites is 2. The van der Waals surface area contributed by atoms with E-state index in [0.29, 0.717) is 28.4 Å². The third kappa shape index (κ3) is 2.84. The number of thiol groups is 1. The second kappa shape index (κ2) is 6.68. The fourth-order valence-corrected chi connectivity index (χ4v) is 3.61. The maximum Gasteiger partial charge on any atom is 0.325 e. The van der Waals surface area contributed by atoms with Gasteiger partial charge >= 0.3 is 5.97 Å². The minimum atomic E-state index is -0.332. The largest absolute Gasteiger partial charge is 0.465 e. The second-order valence-electron chi connectivity index (χ2n) is 4.98. The Bertz CT molecular complexity index is 950. The standard InChI is InChI=1S/C17H15NO3S2/c1-2-21-15(19)10-18-13-8-4-3-6-11(13)17(20)12-7-5-9-14(23-22)16(12)18/h3-9,22H,2,10H2,1H3. The van der Waals surface area contributed by atoms with Crippen LogP contribution in [0, 0.1) is 0 Å². The smallest absolute Gasteiger partial charge is 0.325 e. The first-order valence-corrected chi connectivity index (χ1v) is 9.05. The summed E-state index contributed by atoms with van der Waals surface area (Å²) in [5.41, 5.74) is 1.39. The topological polar surface area (TPSA) is 48.3 Å². The average Bonchev–Trinajstić information content (AvgIpc) is 2.58. The number of pyridine rings is 1. The fraction of sp³-hybridized carbons (Fsp3) is 0.176. The van der Waals surface area contributed by atoms with E-state index in [1.807, 2.05) is 34.9 Å². The number of fused-ring (bicyclic) bond motifs is 2. The Morgan fingerprint density at radius 2 is 1.91 bits per heavy atom. The third-order valence-electron chi connectivity index (χ3n) is 3.64. The Hall–Kier alpha value is -1.92. The van der Waals surface area contributed by atoms with E-state index in [0.717, 1.165) is 4.90 Å². The van der Waals surface area contributed by atoms with E-state index in [1.165, 1.54) is 10.8 Å². The molecule has 3 rings (SSSR count). The fourth-order valence-electron chi connectivity index (χ4n) is 2.72. The molecule has 1 heterocycles. The van der Waals surface area contributed by atoms with Crippen LogP contribution in [0.25, 0.3) is 21.8 Å². The van der Waals surface area contributed by atoms with E-state index in [2.05, 4.69) is 11.7 Å². The molecule has 118 valence electrons. The summed E-state index contributed by atoms with van der Waals surface area (Å²) in [6, 6.07) is 12.8. The van der Waals surface area contributed by atoms with Gasteiger partial charge < -0.3 is 9.30 Å². The highest BCUT2D eigenvalue weighted by atomic mass is 33.1. The van der Waals surface area contributed by atoms with Crippen LogP contribution in [0.4, 0.5) is 0 Å². The molecule has 0 spiro atoms. The van der Waals surface area contributed by atoms with Gasteiger partial charge in [0, 0.05) is 15.7 Å². The lowest BCUT2D eigenvalue weighted by Crippen LogP contribution is -2.18. The molecule has 0 fully saturated rings. The van der Waals surface area contributed by atoms with Crippen molar-refractivity contribution in [1.82, 2.24) is 4.57 Å². The number of nitrogens with zero attached hydrogens (tertiary/aromatic N) is 1. The van der Waals surface area contributed by atoms with E-state index in [4.69, 9.17) is 4.74 Å². The summed E-state index contributed by atoms with van der Waals surface area (Å²) in [5, 5.41) is 1.16. The lowest BCUT2D eigenvalue weighted by molar-refractivity contribution is -0.143. The van der Waals surface area contributed by atoms with Crippen molar-refractivity contribution in [2.75, 3.05) is 6.61 Å². The lowest BCUT2D eigenvalue weighted by atomic mass is 10.1. The number of benzene rings is 2. The van der Waals surface area contributed by atoms with Gasteiger partial charge in [-0.1, -0.05) is 29.0 Å². The van der Waals surface area contributed by atoms with Gasteiger partial charge in [-0.3, -0.25) is 9.59 Å². The molecule has 4 nitrogen and oxygen atoms in total. The Morgan fingerprint density at radius 1 is 1.17 bits per heavy atom. The summed E-state index contributed by atoms with van der Waals surface area (Å²) in [7, 11) is 1.25. The maximum atomic E-state index is 12.8. The van der Waals surface area contributed by atoms with Gasteiger partial charge in [0.05, 0.1) is 17.6 Å². The van der Waals surface area contributed by atoms with Gasteiger partial charge in [0.2, 0.25) is 0 Å². The first-order chi connectivity index (χ1) is 11.2. The quantitative estimate of drug-likeness (QED) is 0.339. The van der Waals surface area contributed by atoms with Crippen molar-refractivity contribution >= 4 is 50.2 Å². The van der Waals surface area contributed by atoms with Gasteiger partial charge in [0.1, 0.15) is 6.54 Å². The molecule has 0 radical (unpaired) electrons. The van der Waals surface area contributed by atoms with Crippen LogP contribution in [0.15, 0.2) is 52.2 Å². The summed E-state index contributed by atoms with van der Waals surface area (Å²) in [6.07, 6.45) is 0. The number of aromatic nitrogens is 1. The molecule has 6 heteroatoms. The van der Waals surface area contributed by atoms with Crippen LogP contribution in [0.1, 0.15) is 6.92 Å². The Labute approximate surface area is 142 Å². The first-order valence-electron chi connectivity index (χ1n) is 7.18. The van der Waals surface area contributed by atoms with E-state index in [-0.39, 0.29) is 17.9 Å². The minimum Gasteiger partial charge on any atom is -0.465 e. The molecule has 0 atom stereocenters. The summed E-state index contributed by atoms with van der Waals surface area (Å²) in [5.74, 6) is -0.332. The highest BCUT2D eigenvalue weighted by Crippen LogP contribution is 2.31. The Kier molecular flexibility index (Phi) is 4.63. The van der Waals surface area contributed by atoms with Crippen LogP contribution in [0.3, 0.4) is 0 Å². The molecule has 2 aromatic carbocycles. The highest BCUT2D eigenvalue weighted by molar-refractivity contribution is 8.68. The van der Waals surface area contributed by atoms with Gasteiger partial charge in [-0.05, 0) is 31.2 Å². The summed E-state index contributed by atoms with van der Waals surface area (Å²) < 4.78 is 6.92. The molecule has 0 aliphatic carbocycles. The number of hydrogen-bond donors (Lipinski definition) is 1. The van der Waals surface area contributed by atoms with Crippen molar-refractivity contribution in [3.8, 4) is 0 Å². The van der Waals surface area contributed by atoms with Crippen LogP contribution in [-0.4, -0.2) is 17.1 Å².